The van der Waals surface area contributed by atoms with Crippen LogP contribution in [0.4, 0.5) is 5.69 Å². The summed E-state index contributed by atoms with van der Waals surface area (Å²) in [6, 6.07) is 13.0. The molecule has 0 spiro atoms. The van der Waals surface area contributed by atoms with Gasteiger partial charge in [-0.25, -0.2) is 13.1 Å². The van der Waals surface area contributed by atoms with E-state index in [0.717, 1.165) is 33.4 Å². The number of benzene rings is 2. The zero-order valence-corrected chi connectivity index (χ0v) is 17.0. The Morgan fingerprint density at radius 2 is 1.86 bits per heavy atom. The minimum Gasteiger partial charge on any atom is -0.348 e. The standard InChI is InChI=1S/C21H23N3O3S/c1-14-17(18-6-4-5-7-20(18)23(14)2)10-11-22-28(26,27)16-8-9-19-15(12-16)13-21(25)24(19)3/h4-9,12,22H,10-11,13H2,1-3H3. The topological polar surface area (TPSA) is 71.4 Å². The first-order chi connectivity index (χ1) is 13.3. The maximum atomic E-state index is 12.7. The fraction of sp³-hybridized carbons (Fsp3) is 0.286. The number of likely N-dealkylation sites (N-methyl/N-ethyl adjacent to an activating group) is 1. The maximum absolute atomic E-state index is 12.7. The van der Waals surface area contributed by atoms with E-state index in [2.05, 4.69) is 28.3 Å². The van der Waals surface area contributed by atoms with Gasteiger partial charge in [-0.3, -0.25) is 4.79 Å². The van der Waals surface area contributed by atoms with Crippen molar-refractivity contribution in [2.45, 2.75) is 24.7 Å². The lowest BCUT2D eigenvalue weighted by Crippen LogP contribution is -2.26. The summed E-state index contributed by atoms with van der Waals surface area (Å²) in [7, 11) is 0.0906. The number of amides is 1. The number of rotatable bonds is 5. The van der Waals surface area contributed by atoms with Crippen LogP contribution in [0, 0.1) is 6.92 Å². The van der Waals surface area contributed by atoms with Crippen LogP contribution in [0.5, 0.6) is 0 Å². The van der Waals surface area contributed by atoms with Crippen molar-refractivity contribution in [1.29, 1.82) is 0 Å². The van der Waals surface area contributed by atoms with Gasteiger partial charge in [-0.15, -0.1) is 0 Å². The number of hydrogen-bond acceptors (Lipinski definition) is 3. The third-order valence-electron chi connectivity index (χ3n) is 5.64. The predicted molar refractivity (Wildman–Crippen MR) is 110 cm³/mol. The molecule has 1 N–H and O–H groups in total. The highest BCUT2D eigenvalue weighted by atomic mass is 32.2. The molecular weight excluding hydrogens is 374 g/mol. The number of nitrogens with zero attached hydrogens (tertiary/aromatic N) is 2. The highest BCUT2D eigenvalue weighted by Gasteiger charge is 2.26. The first kappa shape index (κ1) is 18.7. The van der Waals surface area contributed by atoms with Gasteiger partial charge in [0.25, 0.3) is 0 Å². The third kappa shape index (κ3) is 3.00. The molecule has 0 fully saturated rings. The van der Waals surface area contributed by atoms with Gasteiger partial charge >= 0.3 is 0 Å². The molecule has 2 aromatic carbocycles. The molecule has 0 saturated heterocycles. The van der Waals surface area contributed by atoms with Crippen molar-refractivity contribution in [3.05, 3.63) is 59.3 Å². The molecule has 7 heteroatoms. The molecule has 0 unspecified atom stereocenters. The summed E-state index contributed by atoms with van der Waals surface area (Å²) in [6.07, 6.45) is 0.850. The Balaban J connectivity index is 1.52. The lowest BCUT2D eigenvalue weighted by atomic mass is 10.1. The normalized spacial score (nSPS) is 14.1. The zero-order valence-electron chi connectivity index (χ0n) is 16.2. The molecule has 0 atom stereocenters. The van der Waals surface area contributed by atoms with Crippen LogP contribution < -0.4 is 9.62 Å². The van der Waals surface area contributed by atoms with Crippen LogP contribution in [-0.4, -0.2) is 32.5 Å². The number of para-hydroxylation sites is 1. The first-order valence-corrected chi connectivity index (χ1v) is 10.7. The maximum Gasteiger partial charge on any atom is 0.240 e. The van der Waals surface area contributed by atoms with E-state index < -0.39 is 10.0 Å². The van der Waals surface area contributed by atoms with Crippen LogP contribution in [0.15, 0.2) is 47.4 Å². The number of fused-ring (bicyclic) bond motifs is 2. The second-order valence-electron chi connectivity index (χ2n) is 7.21. The number of anilines is 1. The first-order valence-electron chi connectivity index (χ1n) is 9.21. The highest BCUT2D eigenvalue weighted by molar-refractivity contribution is 7.89. The molecular formula is C21H23N3O3S. The summed E-state index contributed by atoms with van der Waals surface area (Å²) in [5.74, 6) is -0.0241. The summed E-state index contributed by atoms with van der Waals surface area (Å²) >= 11 is 0. The van der Waals surface area contributed by atoms with Gasteiger partial charge < -0.3 is 9.47 Å². The van der Waals surface area contributed by atoms with Crippen molar-refractivity contribution >= 4 is 32.5 Å². The number of hydrogen-bond donors (Lipinski definition) is 1. The molecule has 0 bridgehead atoms. The molecule has 0 aliphatic carbocycles. The minimum atomic E-state index is -3.63. The van der Waals surface area contributed by atoms with Gasteiger partial charge in [0.2, 0.25) is 15.9 Å². The van der Waals surface area contributed by atoms with E-state index in [-0.39, 0.29) is 17.2 Å². The molecule has 0 radical (unpaired) electrons. The van der Waals surface area contributed by atoms with Crippen LogP contribution >= 0.6 is 0 Å². The van der Waals surface area contributed by atoms with Crippen molar-refractivity contribution < 1.29 is 13.2 Å². The Bertz CT molecular complexity index is 1200. The average molecular weight is 398 g/mol. The lowest BCUT2D eigenvalue weighted by molar-refractivity contribution is -0.117. The third-order valence-corrected chi connectivity index (χ3v) is 7.09. The quantitative estimate of drug-likeness (QED) is 0.719. The van der Waals surface area contributed by atoms with Gasteiger partial charge in [-0.2, -0.15) is 0 Å². The van der Waals surface area contributed by atoms with Crippen LogP contribution in [-0.2, 0) is 34.7 Å². The molecule has 0 saturated carbocycles. The Labute approximate surface area is 164 Å². The second kappa shape index (κ2) is 6.76. The van der Waals surface area contributed by atoms with Gasteiger partial charge in [0.15, 0.2) is 0 Å². The summed E-state index contributed by atoms with van der Waals surface area (Å²) < 4.78 is 30.3. The van der Waals surface area contributed by atoms with E-state index in [1.807, 2.05) is 19.2 Å². The van der Waals surface area contributed by atoms with Crippen molar-refractivity contribution in [1.82, 2.24) is 9.29 Å². The number of aryl methyl sites for hydroxylation is 1. The van der Waals surface area contributed by atoms with Gasteiger partial charge in [-0.1, -0.05) is 18.2 Å². The number of aromatic nitrogens is 1. The van der Waals surface area contributed by atoms with Gasteiger partial charge in [0.05, 0.1) is 11.3 Å². The van der Waals surface area contributed by atoms with Crippen LogP contribution in [0.3, 0.4) is 0 Å². The Morgan fingerprint density at radius 3 is 2.64 bits per heavy atom. The van der Waals surface area contributed by atoms with E-state index in [9.17, 15) is 13.2 Å². The Morgan fingerprint density at radius 1 is 1.11 bits per heavy atom. The average Bonchev–Trinajstić information content (AvgIpc) is 3.10. The second-order valence-corrected chi connectivity index (χ2v) is 8.97. The Kier molecular flexibility index (Phi) is 4.51. The highest BCUT2D eigenvalue weighted by Crippen LogP contribution is 2.30. The molecule has 1 aliphatic heterocycles. The molecule has 28 heavy (non-hydrogen) atoms. The molecule has 1 amide bonds. The van der Waals surface area contributed by atoms with E-state index >= 15 is 0 Å². The molecule has 3 aromatic rings. The minimum absolute atomic E-state index is 0.0241. The fourth-order valence-electron chi connectivity index (χ4n) is 3.92. The molecule has 146 valence electrons. The molecule has 2 heterocycles. The molecule has 1 aliphatic rings. The molecule has 4 rings (SSSR count). The molecule has 6 nitrogen and oxygen atoms in total. The van der Waals surface area contributed by atoms with Gasteiger partial charge in [0, 0.05) is 42.9 Å². The van der Waals surface area contributed by atoms with Crippen LogP contribution in [0.25, 0.3) is 10.9 Å². The van der Waals surface area contributed by atoms with Crippen molar-refractivity contribution in [3.63, 3.8) is 0 Å². The largest absolute Gasteiger partial charge is 0.348 e. The number of sulfonamides is 1. The van der Waals surface area contributed by atoms with Crippen molar-refractivity contribution in [3.8, 4) is 0 Å². The van der Waals surface area contributed by atoms with E-state index in [4.69, 9.17) is 0 Å². The van der Waals surface area contributed by atoms with Crippen molar-refractivity contribution in [2.75, 3.05) is 18.5 Å². The van der Waals surface area contributed by atoms with Crippen molar-refractivity contribution in [2.24, 2.45) is 7.05 Å². The molecule has 1 aromatic heterocycles. The smallest absolute Gasteiger partial charge is 0.240 e. The SMILES string of the molecule is Cc1c(CCNS(=O)(=O)c2ccc3c(c2)CC(=O)N3C)c2ccccc2n1C. The van der Waals surface area contributed by atoms with E-state index in [0.29, 0.717) is 13.0 Å². The van der Waals surface area contributed by atoms with Crippen LogP contribution in [0.2, 0.25) is 0 Å². The summed E-state index contributed by atoms with van der Waals surface area (Å²) in [5.41, 5.74) is 4.96. The van der Waals surface area contributed by atoms with Gasteiger partial charge in [0.1, 0.15) is 0 Å². The fourth-order valence-corrected chi connectivity index (χ4v) is 5.00. The zero-order chi connectivity index (χ0) is 20.1. The van der Waals surface area contributed by atoms with Gasteiger partial charge in [-0.05, 0) is 48.7 Å². The monoisotopic (exact) mass is 397 g/mol. The number of carbonyl (C=O) groups is 1. The van der Waals surface area contributed by atoms with E-state index in [1.54, 1.807) is 30.1 Å². The number of nitrogens with one attached hydrogen (secondary N) is 1. The lowest BCUT2D eigenvalue weighted by Gasteiger charge is -2.11. The van der Waals surface area contributed by atoms with E-state index in [1.165, 1.54) is 0 Å². The van der Waals surface area contributed by atoms with Crippen LogP contribution in [0.1, 0.15) is 16.8 Å². The summed E-state index contributed by atoms with van der Waals surface area (Å²) in [4.78, 5) is 13.6. The predicted octanol–water partition coefficient (Wildman–Crippen LogP) is 2.53. The Hall–Kier alpha value is -2.64. The summed E-state index contributed by atoms with van der Waals surface area (Å²) in [6.45, 7) is 2.37. The number of carbonyl (C=O) groups excluding carboxylic acids is 1. The summed E-state index contributed by atoms with van der Waals surface area (Å²) in [5, 5.41) is 1.15.